The number of alkyl halides is 3. The molecule has 0 unspecified atom stereocenters. The first-order chi connectivity index (χ1) is 13.9. The molecule has 2 aromatic carbocycles. The van der Waals surface area contributed by atoms with Crippen molar-refractivity contribution in [3.05, 3.63) is 59.7 Å². The Balaban J connectivity index is 1.62. The number of methoxy groups -OCH3 is 1. The van der Waals surface area contributed by atoms with Crippen LogP contribution in [0.25, 0.3) is 0 Å². The van der Waals surface area contributed by atoms with Crippen molar-refractivity contribution in [3.8, 4) is 23.3 Å². The van der Waals surface area contributed by atoms with E-state index in [9.17, 15) is 18.0 Å². The Bertz CT molecular complexity index is 856. The maximum Gasteiger partial charge on any atom is 0.416 e. The number of hydrogen-bond acceptors (Lipinski definition) is 3. The van der Waals surface area contributed by atoms with Gasteiger partial charge in [-0.1, -0.05) is 30.0 Å². The Morgan fingerprint density at radius 3 is 2.48 bits per heavy atom. The Hall–Kier alpha value is -3.34. The number of hydrogen-bond donors (Lipinski definition) is 2. The SMILES string of the molecule is COc1ccc(CCNC(=O)NCC#CCOc2cccc(C(F)(F)F)c2)cc1. The van der Waals surface area contributed by atoms with Crippen molar-refractivity contribution in [2.24, 2.45) is 0 Å². The van der Waals surface area contributed by atoms with E-state index in [0.29, 0.717) is 13.0 Å². The smallest absolute Gasteiger partial charge is 0.416 e. The molecule has 2 aromatic rings. The summed E-state index contributed by atoms with van der Waals surface area (Å²) in [7, 11) is 1.60. The number of benzene rings is 2. The molecule has 0 spiro atoms. The predicted molar refractivity (Wildman–Crippen MR) is 103 cm³/mol. The van der Waals surface area contributed by atoms with Crippen LogP contribution in [0.5, 0.6) is 11.5 Å². The van der Waals surface area contributed by atoms with Crippen molar-refractivity contribution >= 4 is 6.03 Å². The topological polar surface area (TPSA) is 59.6 Å². The van der Waals surface area contributed by atoms with Crippen molar-refractivity contribution in [2.45, 2.75) is 12.6 Å². The van der Waals surface area contributed by atoms with Gasteiger partial charge in [-0.15, -0.1) is 0 Å². The van der Waals surface area contributed by atoms with Gasteiger partial charge in [-0.2, -0.15) is 13.2 Å². The molecule has 0 fully saturated rings. The summed E-state index contributed by atoms with van der Waals surface area (Å²) < 4.78 is 48.1. The summed E-state index contributed by atoms with van der Waals surface area (Å²) in [6.45, 7) is 0.479. The summed E-state index contributed by atoms with van der Waals surface area (Å²) in [5, 5.41) is 5.28. The lowest BCUT2D eigenvalue weighted by Gasteiger charge is -2.08. The molecule has 0 aliphatic rings. The molecular formula is C21H21F3N2O3. The molecule has 0 aromatic heterocycles. The van der Waals surface area contributed by atoms with Crippen LogP contribution in [0.1, 0.15) is 11.1 Å². The summed E-state index contributed by atoms with van der Waals surface area (Å²) in [4.78, 5) is 11.7. The van der Waals surface area contributed by atoms with Gasteiger partial charge in [-0.3, -0.25) is 0 Å². The zero-order valence-corrected chi connectivity index (χ0v) is 15.8. The fourth-order valence-electron chi connectivity index (χ4n) is 2.29. The van der Waals surface area contributed by atoms with Crippen molar-refractivity contribution in [1.82, 2.24) is 10.6 Å². The van der Waals surface area contributed by atoms with Gasteiger partial charge in [0.25, 0.3) is 0 Å². The lowest BCUT2D eigenvalue weighted by atomic mass is 10.1. The molecule has 0 aliphatic carbocycles. The molecule has 0 bridgehead atoms. The highest BCUT2D eigenvalue weighted by atomic mass is 19.4. The van der Waals surface area contributed by atoms with Crippen LogP contribution in [0.4, 0.5) is 18.0 Å². The van der Waals surface area contributed by atoms with Crippen molar-refractivity contribution in [3.63, 3.8) is 0 Å². The molecule has 154 valence electrons. The Kier molecular flexibility index (Phi) is 8.22. The van der Waals surface area contributed by atoms with E-state index in [1.165, 1.54) is 12.1 Å². The molecule has 0 saturated carbocycles. The van der Waals surface area contributed by atoms with Gasteiger partial charge in [0, 0.05) is 6.54 Å². The standard InChI is InChI=1S/C21H21F3N2O3/c1-28-18-9-7-16(8-10-18)11-13-26-20(27)25-12-2-3-14-29-19-6-4-5-17(15-19)21(22,23)24/h4-10,15H,11-14H2,1H3,(H2,25,26,27). The van der Waals surface area contributed by atoms with Gasteiger partial charge in [0.15, 0.2) is 0 Å². The lowest BCUT2D eigenvalue weighted by Crippen LogP contribution is -2.36. The van der Waals surface area contributed by atoms with Crippen LogP contribution < -0.4 is 20.1 Å². The van der Waals surface area contributed by atoms with Crippen LogP contribution in [0, 0.1) is 11.8 Å². The molecular weight excluding hydrogens is 385 g/mol. The fraction of sp³-hybridized carbons (Fsp3) is 0.286. The van der Waals surface area contributed by atoms with E-state index in [0.717, 1.165) is 23.4 Å². The van der Waals surface area contributed by atoms with E-state index in [-0.39, 0.29) is 24.9 Å². The zero-order chi connectivity index (χ0) is 21.1. The first kappa shape index (κ1) is 22.0. The van der Waals surface area contributed by atoms with Crippen LogP contribution in [0.3, 0.4) is 0 Å². The third-order valence-electron chi connectivity index (χ3n) is 3.79. The minimum atomic E-state index is -4.42. The number of amides is 2. The van der Waals surface area contributed by atoms with Crippen LogP contribution in [-0.4, -0.2) is 32.8 Å². The highest BCUT2D eigenvalue weighted by Crippen LogP contribution is 2.31. The number of carbonyl (C=O) groups excluding carboxylic acids is 1. The van der Waals surface area contributed by atoms with Gasteiger partial charge >= 0.3 is 12.2 Å². The number of ether oxygens (including phenoxy) is 2. The van der Waals surface area contributed by atoms with Gasteiger partial charge in [0.05, 0.1) is 19.2 Å². The van der Waals surface area contributed by atoms with Gasteiger partial charge in [-0.05, 0) is 42.3 Å². The third-order valence-corrected chi connectivity index (χ3v) is 3.79. The van der Waals surface area contributed by atoms with Crippen molar-refractivity contribution in [1.29, 1.82) is 0 Å². The monoisotopic (exact) mass is 406 g/mol. The first-order valence-electron chi connectivity index (χ1n) is 8.79. The van der Waals surface area contributed by atoms with E-state index in [1.807, 2.05) is 24.3 Å². The summed E-state index contributed by atoms with van der Waals surface area (Å²) >= 11 is 0. The fourth-order valence-corrected chi connectivity index (χ4v) is 2.29. The molecule has 8 heteroatoms. The number of carbonyl (C=O) groups is 1. The highest BCUT2D eigenvalue weighted by molar-refractivity contribution is 5.74. The lowest BCUT2D eigenvalue weighted by molar-refractivity contribution is -0.137. The molecule has 29 heavy (non-hydrogen) atoms. The minimum absolute atomic E-state index is 0.0813. The molecule has 2 N–H and O–H groups in total. The van der Waals surface area contributed by atoms with E-state index in [4.69, 9.17) is 9.47 Å². The number of nitrogens with one attached hydrogen (secondary N) is 2. The summed E-state index contributed by atoms with van der Waals surface area (Å²) in [6.07, 6.45) is -3.75. The van der Waals surface area contributed by atoms with E-state index in [1.54, 1.807) is 7.11 Å². The quantitative estimate of drug-likeness (QED) is 0.691. The van der Waals surface area contributed by atoms with E-state index >= 15 is 0 Å². The Morgan fingerprint density at radius 2 is 1.79 bits per heavy atom. The second-order valence-electron chi connectivity index (χ2n) is 5.88. The van der Waals surface area contributed by atoms with Crippen LogP contribution >= 0.6 is 0 Å². The molecule has 2 amide bonds. The molecule has 0 radical (unpaired) electrons. The van der Waals surface area contributed by atoms with E-state index in [2.05, 4.69) is 22.5 Å². The molecule has 0 heterocycles. The third kappa shape index (κ3) is 8.05. The Morgan fingerprint density at radius 1 is 1.03 bits per heavy atom. The molecule has 0 aliphatic heterocycles. The predicted octanol–water partition coefficient (Wildman–Crippen LogP) is 3.64. The minimum Gasteiger partial charge on any atom is -0.497 e. The number of rotatable bonds is 7. The number of urea groups is 1. The average Bonchev–Trinajstić information content (AvgIpc) is 2.70. The summed E-state index contributed by atoms with van der Waals surface area (Å²) in [5.74, 6) is 6.16. The summed E-state index contributed by atoms with van der Waals surface area (Å²) in [5.41, 5.74) is 0.286. The number of halogens is 3. The molecule has 2 rings (SSSR count). The van der Waals surface area contributed by atoms with Gasteiger partial charge in [0.2, 0.25) is 0 Å². The average molecular weight is 406 g/mol. The maximum atomic E-state index is 12.6. The maximum absolute atomic E-state index is 12.6. The van der Waals surface area contributed by atoms with Gasteiger partial charge in [0.1, 0.15) is 18.1 Å². The van der Waals surface area contributed by atoms with Crippen LogP contribution in [0.2, 0.25) is 0 Å². The second kappa shape index (κ2) is 10.9. The van der Waals surface area contributed by atoms with Gasteiger partial charge < -0.3 is 20.1 Å². The highest BCUT2D eigenvalue weighted by Gasteiger charge is 2.30. The van der Waals surface area contributed by atoms with Crippen LogP contribution in [-0.2, 0) is 12.6 Å². The first-order valence-corrected chi connectivity index (χ1v) is 8.79. The van der Waals surface area contributed by atoms with E-state index < -0.39 is 11.7 Å². The van der Waals surface area contributed by atoms with Crippen molar-refractivity contribution in [2.75, 3.05) is 26.8 Å². The largest absolute Gasteiger partial charge is 0.497 e. The zero-order valence-electron chi connectivity index (χ0n) is 15.8. The van der Waals surface area contributed by atoms with Crippen LogP contribution in [0.15, 0.2) is 48.5 Å². The molecule has 0 atom stereocenters. The normalized spacial score (nSPS) is 10.5. The molecule has 0 saturated heterocycles. The Labute approximate surface area is 167 Å². The molecule has 5 nitrogen and oxygen atoms in total. The second-order valence-corrected chi connectivity index (χ2v) is 5.88. The van der Waals surface area contributed by atoms with Gasteiger partial charge in [-0.25, -0.2) is 4.79 Å². The summed E-state index contributed by atoms with van der Waals surface area (Å²) in [6, 6.07) is 11.8. The van der Waals surface area contributed by atoms with Crippen molar-refractivity contribution < 1.29 is 27.4 Å².